The third-order valence-electron chi connectivity index (χ3n) is 2.38. The minimum atomic E-state index is -0.886. The highest BCUT2D eigenvalue weighted by Crippen LogP contribution is 2.32. The minimum absolute atomic E-state index is 0.0127. The Morgan fingerprint density at radius 1 is 1.12 bits per heavy atom. The first-order valence-electron chi connectivity index (χ1n) is 5.88. The summed E-state index contributed by atoms with van der Waals surface area (Å²) < 4.78 is 5.33. The first-order valence-corrected chi connectivity index (χ1v) is 5.88. The van der Waals surface area contributed by atoms with Crippen LogP contribution in [0.3, 0.4) is 0 Å². The molecule has 0 aliphatic heterocycles. The van der Waals surface area contributed by atoms with Crippen LogP contribution in [0.15, 0.2) is 0 Å². The number of aliphatic carboxylic acids is 1. The molecule has 0 aliphatic rings. The number of ether oxygens (including phenoxy) is 1. The number of carbonyl (C=O) groups is 2. The molecular formula is C13H24O4. The van der Waals surface area contributed by atoms with Crippen molar-refractivity contribution < 1.29 is 19.4 Å². The highest BCUT2D eigenvalue weighted by molar-refractivity contribution is 5.75. The minimum Gasteiger partial charge on any atom is -0.481 e. The van der Waals surface area contributed by atoms with Gasteiger partial charge in [-0.1, -0.05) is 20.8 Å². The van der Waals surface area contributed by atoms with E-state index in [0.29, 0.717) is 6.42 Å². The molecule has 0 rings (SSSR count). The van der Waals surface area contributed by atoms with E-state index in [0.717, 1.165) is 0 Å². The standard InChI is InChI=1S/C13H24O4/c1-12(2,3)9(7-8-10(14)15)11(16)17-13(4,5)6/h9H,7-8H2,1-6H3,(H,14,15). The predicted octanol–water partition coefficient (Wildman–Crippen LogP) is 2.86. The van der Waals surface area contributed by atoms with E-state index in [1.54, 1.807) is 0 Å². The van der Waals surface area contributed by atoms with Crippen LogP contribution in [0.2, 0.25) is 0 Å². The molecule has 0 aromatic heterocycles. The molecule has 100 valence electrons. The van der Waals surface area contributed by atoms with E-state index in [1.807, 2.05) is 41.5 Å². The van der Waals surface area contributed by atoms with Crippen LogP contribution in [-0.4, -0.2) is 22.6 Å². The van der Waals surface area contributed by atoms with Gasteiger partial charge in [-0.05, 0) is 32.6 Å². The van der Waals surface area contributed by atoms with Crippen LogP contribution >= 0.6 is 0 Å². The maximum absolute atomic E-state index is 12.0. The molecule has 0 heterocycles. The fourth-order valence-electron chi connectivity index (χ4n) is 1.55. The lowest BCUT2D eigenvalue weighted by molar-refractivity contribution is -0.164. The Bertz CT molecular complexity index is 281. The zero-order chi connectivity index (χ0) is 13.9. The monoisotopic (exact) mass is 244 g/mol. The lowest BCUT2D eigenvalue weighted by Crippen LogP contribution is -2.35. The van der Waals surface area contributed by atoms with Crippen molar-refractivity contribution in [2.24, 2.45) is 11.3 Å². The number of hydrogen-bond donors (Lipinski definition) is 1. The number of carboxylic acid groups (broad SMARTS) is 1. The lowest BCUT2D eigenvalue weighted by atomic mass is 9.78. The molecule has 0 saturated heterocycles. The third kappa shape index (κ3) is 6.97. The summed E-state index contributed by atoms with van der Waals surface area (Å²) in [5.74, 6) is -1.59. The zero-order valence-corrected chi connectivity index (χ0v) is 11.7. The fraction of sp³-hybridized carbons (Fsp3) is 0.846. The molecular weight excluding hydrogens is 220 g/mol. The Hall–Kier alpha value is -1.06. The summed E-state index contributed by atoms with van der Waals surface area (Å²) >= 11 is 0. The van der Waals surface area contributed by atoms with Gasteiger partial charge in [-0.2, -0.15) is 0 Å². The van der Waals surface area contributed by atoms with Crippen molar-refractivity contribution in [3.63, 3.8) is 0 Å². The van der Waals surface area contributed by atoms with Gasteiger partial charge in [0.15, 0.2) is 0 Å². The van der Waals surface area contributed by atoms with E-state index >= 15 is 0 Å². The smallest absolute Gasteiger partial charge is 0.309 e. The van der Waals surface area contributed by atoms with Gasteiger partial charge in [0, 0.05) is 6.42 Å². The number of hydrogen-bond acceptors (Lipinski definition) is 3. The molecule has 0 aromatic carbocycles. The lowest BCUT2D eigenvalue weighted by Gasteiger charge is -2.31. The predicted molar refractivity (Wildman–Crippen MR) is 65.7 cm³/mol. The highest BCUT2D eigenvalue weighted by Gasteiger charge is 2.34. The van der Waals surface area contributed by atoms with Gasteiger partial charge in [0.25, 0.3) is 0 Å². The summed E-state index contributed by atoms with van der Waals surface area (Å²) in [4.78, 5) is 22.6. The maximum atomic E-state index is 12.0. The van der Waals surface area contributed by atoms with Gasteiger partial charge in [-0.3, -0.25) is 9.59 Å². The van der Waals surface area contributed by atoms with Crippen LogP contribution < -0.4 is 0 Å². The zero-order valence-electron chi connectivity index (χ0n) is 11.7. The molecule has 1 atom stereocenters. The highest BCUT2D eigenvalue weighted by atomic mass is 16.6. The molecule has 0 bridgehead atoms. The van der Waals surface area contributed by atoms with Gasteiger partial charge < -0.3 is 9.84 Å². The Kier molecular flexibility index (Phi) is 5.17. The normalized spacial score (nSPS) is 14.2. The van der Waals surface area contributed by atoms with Crippen molar-refractivity contribution in [1.82, 2.24) is 0 Å². The van der Waals surface area contributed by atoms with Crippen molar-refractivity contribution in [3.8, 4) is 0 Å². The van der Waals surface area contributed by atoms with Crippen LogP contribution in [0.5, 0.6) is 0 Å². The van der Waals surface area contributed by atoms with Crippen LogP contribution in [0.25, 0.3) is 0 Å². The van der Waals surface area contributed by atoms with Gasteiger partial charge in [0.05, 0.1) is 5.92 Å². The molecule has 1 N–H and O–H groups in total. The van der Waals surface area contributed by atoms with Crippen molar-refractivity contribution in [1.29, 1.82) is 0 Å². The summed E-state index contributed by atoms with van der Waals surface area (Å²) in [6.45, 7) is 11.2. The van der Waals surface area contributed by atoms with E-state index in [4.69, 9.17) is 9.84 Å². The fourth-order valence-corrected chi connectivity index (χ4v) is 1.55. The van der Waals surface area contributed by atoms with Gasteiger partial charge in [-0.15, -0.1) is 0 Å². The van der Waals surface area contributed by atoms with Crippen molar-refractivity contribution in [3.05, 3.63) is 0 Å². The number of carboxylic acids is 1. The molecule has 0 spiro atoms. The summed E-state index contributed by atoms with van der Waals surface area (Å²) in [5.41, 5.74) is -0.832. The van der Waals surface area contributed by atoms with E-state index < -0.39 is 17.5 Å². The maximum Gasteiger partial charge on any atom is 0.309 e. The largest absolute Gasteiger partial charge is 0.481 e. The number of esters is 1. The van der Waals surface area contributed by atoms with Gasteiger partial charge in [-0.25, -0.2) is 0 Å². The van der Waals surface area contributed by atoms with Crippen molar-refractivity contribution >= 4 is 11.9 Å². The number of carbonyl (C=O) groups excluding carboxylic acids is 1. The quantitative estimate of drug-likeness (QED) is 0.772. The van der Waals surface area contributed by atoms with Crippen LogP contribution in [-0.2, 0) is 14.3 Å². The molecule has 0 fully saturated rings. The molecule has 0 saturated carbocycles. The Labute approximate surface area is 103 Å². The molecule has 4 nitrogen and oxygen atoms in total. The van der Waals surface area contributed by atoms with E-state index in [1.165, 1.54) is 0 Å². The van der Waals surface area contributed by atoms with E-state index in [-0.39, 0.29) is 17.8 Å². The summed E-state index contributed by atoms with van der Waals surface area (Å²) in [5, 5.41) is 8.69. The third-order valence-corrected chi connectivity index (χ3v) is 2.38. The average Bonchev–Trinajstić information content (AvgIpc) is 1.96. The van der Waals surface area contributed by atoms with E-state index in [2.05, 4.69) is 0 Å². The summed E-state index contributed by atoms with van der Waals surface area (Å²) in [7, 11) is 0. The summed E-state index contributed by atoms with van der Waals surface area (Å²) in [6.07, 6.45) is 0.301. The van der Waals surface area contributed by atoms with E-state index in [9.17, 15) is 9.59 Å². The Morgan fingerprint density at radius 2 is 1.59 bits per heavy atom. The molecule has 0 aromatic rings. The first kappa shape index (κ1) is 15.9. The van der Waals surface area contributed by atoms with Crippen molar-refractivity contribution in [2.75, 3.05) is 0 Å². The van der Waals surface area contributed by atoms with Crippen molar-refractivity contribution in [2.45, 2.75) is 60.0 Å². The Balaban J connectivity index is 4.70. The second kappa shape index (κ2) is 5.52. The molecule has 4 heteroatoms. The first-order chi connectivity index (χ1) is 7.43. The molecule has 0 amide bonds. The topological polar surface area (TPSA) is 63.6 Å². The Morgan fingerprint density at radius 3 is 1.88 bits per heavy atom. The second-order valence-electron chi connectivity index (χ2n) is 6.38. The van der Waals surface area contributed by atoms with Crippen LogP contribution in [0, 0.1) is 11.3 Å². The molecule has 0 aliphatic carbocycles. The van der Waals surface area contributed by atoms with Gasteiger partial charge >= 0.3 is 11.9 Å². The molecule has 17 heavy (non-hydrogen) atoms. The van der Waals surface area contributed by atoms with Crippen LogP contribution in [0.1, 0.15) is 54.4 Å². The molecule has 1 unspecified atom stereocenters. The van der Waals surface area contributed by atoms with Gasteiger partial charge in [0.2, 0.25) is 0 Å². The molecule has 0 radical (unpaired) electrons. The second-order valence-corrected chi connectivity index (χ2v) is 6.38. The van der Waals surface area contributed by atoms with Gasteiger partial charge in [0.1, 0.15) is 5.60 Å². The SMILES string of the molecule is CC(C)(C)OC(=O)C(CCC(=O)O)C(C)(C)C. The summed E-state index contributed by atoms with van der Waals surface area (Å²) in [6, 6.07) is 0. The number of rotatable bonds is 4. The average molecular weight is 244 g/mol. The van der Waals surface area contributed by atoms with Crippen LogP contribution in [0.4, 0.5) is 0 Å².